The molecule has 3 rings (SSSR count). The van der Waals surface area contributed by atoms with Crippen molar-refractivity contribution >= 4 is 12.7 Å². The van der Waals surface area contributed by atoms with Gasteiger partial charge in [0.1, 0.15) is 6.79 Å². The largest absolute Gasteiger partial charge is 0.391 e. The Morgan fingerprint density at radius 2 is 1.91 bits per heavy atom. The molecular weight excluding hydrogens is 284 g/mol. The van der Waals surface area contributed by atoms with Gasteiger partial charge >= 0.3 is 0 Å². The van der Waals surface area contributed by atoms with Crippen molar-refractivity contribution < 1.29 is 14.7 Å². The fourth-order valence-electron chi connectivity index (χ4n) is 2.48. The second-order valence-corrected chi connectivity index (χ2v) is 4.88. The molecule has 1 aliphatic rings. The summed E-state index contributed by atoms with van der Waals surface area (Å²) in [6, 6.07) is 7.25. The number of aromatic nitrogens is 3. The quantitative estimate of drug-likeness (QED) is 0.881. The minimum Gasteiger partial charge on any atom is -0.391 e. The van der Waals surface area contributed by atoms with Crippen LogP contribution in [0.25, 0.3) is 5.69 Å². The van der Waals surface area contributed by atoms with Crippen molar-refractivity contribution in [3.05, 3.63) is 42.2 Å². The number of aliphatic hydroxyl groups is 1. The summed E-state index contributed by atoms with van der Waals surface area (Å²) in [6.45, 7) is 3.07. The predicted octanol–water partition coefficient (Wildman–Crippen LogP) is 0.679. The molecule has 0 spiro atoms. The van der Waals surface area contributed by atoms with Gasteiger partial charge in [0, 0.05) is 13.1 Å². The third kappa shape index (κ3) is 3.37. The first-order valence-electron chi connectivity index (χ1n) is 6.97. The number of carbonyl (C=O) groups excluding carboxylic acids is 2. The van der Waals surface area contributed by atoms with Crippen molar-refractivity contribution in [2.24, 2.45) is 0 Å². The number of carbonyl (C=O) groups is 2. The monoisotopic (exact) mass is 302 g/mol. The molecule has 0 bridgehead atoms. The van der Waals surface area contributed by atoms with Gasteiger partial charge in [-0.3, -0.25) is 4.79 Å². The zero-order valence-electron chi connectivity index (χ0n) is 12.1. The average molecular weight is 302 g/mol. The first kappa shape index (κ1) is 15.8. The highest BCUT2D eigenvalue weighted by Crippen LogP contribution is 2.18. The Morgan fingerprint density at radius 3 is 2.59 bits per heavy atom. The molecule has 0 aliphatic carbocycles. The first-order chi connectivity index (χ1) is 10.8. The normalized spacial score (nSPS) is 17.5. The van der Waals surface area contributed by atoms with E-state index in [0.717, 1.165) is 12.8 Å². The number of piperidine rings is 1. The molecule has 0 radical (unpaired) electrons. The standard InChI is InChI=1S/C14H16N4O2.CH2O/c19-11-4-3-9-17(10-11)14(20)12-5-1-2-6-13(12)18-15-7-8-16-18;1-2/h1-2,5-8,11,19H,3-4,9-10H2;1H2. The number of hydrogen-bond acceptors (Lipinski definition) is 5. The Labute approximate surface area is 128 Å². The van der Waals surface area contributed by atoms with Crippen LogP contribution in [0.1, 0.15) is 23.2 Å². The van der Waals surface area contributed by atoms with E-state index in [-0.39, 0.29) is 5.91 Å². The molecule has 22 heavy (non-hydrogen) atoms. The Kier molecular flexibility index (Phi) is 5.37. The molecule has 1 aliphatic heterocycles. The highest BCUT2D eigenvalue weighted by atomic mass is 16.3. The van der Waals surface area contributed by atoms with Gasteiger partial charge in [0.2, 0.25) is 0 Å². The molecule has 1 aromatic carbocycles. The summed E-state index contributed by atoms with van der Waals surface area (Å²) >= 11 is 0. The number of aliphatic hydroxyl groups excluding tert-OH is 1. The third-order valence-corrected chi connectivity index (χ3v) is 3.45. The summed E-state index contributed by atoms with van der Waals surface area (Å²) in [6.07, 6.45) is 4.31. The number of rotatable bonds is 2. The van der Waals surface area contributed by atoms with E-state index in [1.807, 2.05) is 25.0 Å². The molecule has 1 fully saturated rings. The Balaban J connectivity index is 0.000000847. The second-order valence-electron chi connectivity index (χ2n) is 4.88. The van der Waals surface area contributed by atoms with Crippen LogP contribution in [0.2, 0.25) is 0 Å². The van der Waals surface area contributed by atoms with E-state index >= 15 is 0 Å². The third-order valence-electron chi connectivity index (χ3n) is 3.45. The van der Waals surface area contributed by atoms with Gasteiger partial charge in [0.25, 0.3) is 5.91 Å². The lowest BCUT2D eigenvalue weighted by Gasteiger charge is -2.30. The van der Waals surface area contributed by atoms with Gasteiger partial charge in [-0.05, 0) is 25.0 Å². The lowest BCUT2D eigenvalue weighted by molar-refractivity contribution is -0.0980. The summed E-state index contributed by atoms with van der Waals surface area (Å²) in [5.74, 6) is -0.0864. The maximum Gasteiger partial charge on any atom is 0.256 e. The molecular formula is C15H18N4O3. The van der Waals surface area contributed by atoms with E-state index in [1.54, 1.807) is 23.4 Å². The van der Waals surface area contributed by atoms with Gasteiger partial charge in [0.05, 0.1) is 29.7 Å². The van der Waals surface area contributed by atoms with E-state index < -0.39 is 6.10 Å². The van der Waals surface area contributed by atoms with Crippen LogP contribution in [0.5, 0.6) is 0 Å². The van der Waals surface area contributed by atoms with Gasteiger partial charge in [-0.1, -0.05) is 12.1 Å². The van der Waals surface area contributed by atoms with Crippen molar-refractivity contribution in [1.29, 1.82) is 0 Å². The van der Waals surface area contributed by atoms with Gasteiger partial charge in [-0.15, -0.1) is 0 Å². The fourth-order valence-corrected chi connectivity index (χ4v) is 2.48. The summed E-state index contributed by atoms with van der Waals surface area (Å²) in [5, 5.41) is 17.9. The summed E-state index contributed by atoms with van der Waals surface area (Å²) in [7, 11) is 0. The summed E-state index contributed by atoms with van der Waals surface area (Å²) in [5.41, 5.74) is 1.21. The minimum atomic E-state index is -0.428. The minimum absolute atomic E-state index is 0.0864. The lowest BCUT2D eigenvalue weighted by Crippen LogP contribution is -2.42. The predicted molar refractivity (Wildman–Crippen MR) is 79.6 cm³/mol. The molecule has 1 amide bonds. The van der Waals surface area contributed by atoms with Crippen molar-refractivity contribution in [3.8, 4) is 5.69 Å². The van der Waals surface area contributed by atoms with Gasteiger partial charge < -0.3 is 14.8 Å². The molecule has 2 heterocycles. The van der Waals surface area contributed by atoms with Crippen LogP contribution >= 0.6 is 0 Å². The fraction of sp³-hybridized carbons (Fsp3) is 0.333. The molecule has 1 unspecified atom stereocenters. The molecule has 1 saturated heterocycles. The molecule has 1 N–H and O–H groups in total. The van der Waals surface area contributed by atoms with Crippen molar-refractivity contribution in [3.63, 3.8) is 0 Å². The van der Waals surface area contributed by atoms with Gasteiger partial charge in [0.15, 0.2) is 0 Å². The van der Waals surface area contributed by atoms with Crippen LogP contribution in [-0.4, -0.2) is 56.9 Å². The van der Waals surface area contributed by atoms with E-state index in [9.17, 15) is 9.90 Å². The SMILES string of the molecule is C=O.O=C(c1ccccc1-n1nccn1)N1CCCC(O)C1. The van der Waals surface area contributed by atoms with Crippen molar-refractivity contribution in [1.82, 2.24) is 19.9 Å². The molecule has 7 heteroatoms. The molecule has 2 aromatic rings. The van der Waals surface area contributed by atoms with E-state index in [2.05, 4.69) is 10.2 Å². The lowest BCUT2D eigenvalue weighted by atomic mass is 10.1. The summed E-state index contributed by atoms with van der Waals surface area (Å²) in [4.78, 5) is 23.7. The van der Waals surface area contributed by atoms with Crippen LogP contribution in [0.15, 0.2) is 36.7 Å². The number of β-amino-alcohol motifs (C(OH)–C–C–N with tert-alkyl or cyclic N) is 1. The van der Waals surface area contributed by atoms with Crippen LogP contribution in [-0.2, 0) is 4.79 Å². The van der Waals surface area contributed by atoms with Crippen molar-refractivity contribution in [2.75, 3.05) is 13.1 Å². The van der Waals surface area contributed by atoms with Crippen LogP contribution in [0, 0.1) is 0 Å². The second kappa shape index (κ2) is 7.46. The van der Waals surface area contributed by atoms with Crippen molar-refractivity contribution in [2.45, 2.75) is 18.9 Å². The Morgan fingerprint density at radius 1 is 1.23 bits per heavy atom. The topological polar surface area (TPSA) is 88.3 Å². The highest BCUT2D eigenvalue weighted by molar-refractivity contribution is 5.97. The van der Waals surface area contributed by atoms with E-state index in [4.69, 9.17) is 4.79 Å². The van der Waals surface area contributed by atoms with E-state index in [1.165, 1.54) is 4.80 Å². The first-order valence-corrected chi connectivity index (χ1v) is 6.97. The van der Waals surface area contributed by atoms with Crippen LogP contribution < -0.4 is 0 Å². The van der Waals surface area contributed by atoms with Crippen LogP contribution in [0.4, 0.5) is 0 Å². The molecule has 1 atom stereocenters. The molecule has 7 nitrogen and oxygen atoms in total. The number of nitrogens with zero attached hydrogens (tertiary/aromatic N) is 4. The van der Waals surface area contributed by atoms with Gasteiger partial charge in [-0.25, -0.2) is 0 Å². The average Bonchev–Trinajstić information content (AvgIpc) is 3.10. The Bertz CT molecular complexity index is 615. The molecule has 0 saturated carbocycles. The van der Waals surface area contributed by atoms with Crippen LogP contribution in [0.3, 0.4) is 0 Å². The Hall–Kier alpha value is -2.54. The number of hydrogen-bond donors (Lipinski definition) is 1. The number of likely N-dealkylation sites (tertiary alicyclic amines) is 1. The maximum atomic E-state index is 12.6. The number of para-hydroxylation sites is 1. The zero-order valence-corrected chi connectivity index (χ0v) is 12.1. The highest BCUT2D eigenvalue weighted by Gasteiger charge is 2.25. The smallest absolute Gasteiger partial charge is 0.256 e. The molecule has 116 valence electrons. The van der Waals surface area contributed by atoms with Gasteiger partial charge in [-0.2, -0.15) is 15.0 Å². The zero-order chi connectivity index (χ0) is 15.9. The number of amides is 1. The summed E-state index contributed by atoms with van der Waals surface area (Å²) < 4.78 is 0. The van der Waals surface area contributed by atoms with E-state index in [0.29, 0.717) is 24.3 Å². The number of benzene rings is 1. The molecule has 1 aromatic heterocycles. The maximum absolute atomic E-state index is 12.6.